The molecule has 0 nitrogen and oxygen atoms in total. The van der Waals surface area contributed by atoms with E-state index in [0.29, 0.717) is 0 Å². The van der Waals surface area contributed by atoms with Gasteiger partial charge in [0.05, 0.1) is 0 Å². The van der Waals surface area contributed by atoms with Crippen LogP contribution in [0.2, 0.25) is 0 Å². The summed E-state index contributed by atoms with van der Waals surface area (Å²) in [5.41, 5.74) is 0. The first kappa shape index (κ1) is 16.5. The lowest BCUT2D eigenvalue weighted by molar-refractivity contribution is 0.592. The van der Waals surface area contributed by atoms with Crippen molar-refractivity contribution in [3.8, 4) is 0 Å². The highest BCUT2D eigenvalue weighted by molar-refractivity contribution is 4.92. The fraction of sp³-hybridized carbons (Fsp3) is 0.765. The third-order valence-electron chi connectivity index (χ3n) is 3.04. The van der Waals surface area contributed by atoms with E-state index < -0.39 is 0 Å². The van der Waals surface area contributed by atoms with Crippen molar-refractivity contribution in [2.75, 3.05) is 0 Å². The number of hydrogen-bond donors (Lipinski definition) is 0. The zero-order chi connectivity index (χ0) is 12.6. The van der Waals surface area contributed by atoms with Crippen LogP contribution in [-0.4, -0.2) is 0 Å². The zero-order valence-electron chi connectivity index (χ0n) is 12.1. The van der Waals surface area contributed by atoms with Crippen LogP contribution >= 0.6 is 0 Å². The highest BCUT2D eigenvalue weighted by Gasteiger charge is 1.88. The van der Waals surface area contributed by atoms with Crippen molar-refractivity contribution < 1.29 is 0 Å². The molecule has 0 aliphatic rings. The van der Waals surface area contributed by atoms with Crippen LogP contribution in [0.5, 0.6) is 0 Å². The minimum Gasteiger partial charge on any atom is -0.0882 e. The van der Waals surface area contributed by atoms with Crippen molar-refractivity contribution in [2.24, 2.45) is 0 Å². The molecule has 0 heteroatoms. The Kier molecular flexibility index (Phi) is 15.0. The van der Waals surface area contributed by atoms with E-state index >= 15 is 0 Å². The van der Waals surface area contributed by atoms with Gasteiger partial charge in [-0.2, -0.15) is 0 Å². The molecule has 0 aromatic heterocycles. The zero-order valence-corrected chi connectivity index (χ0v) is 12.1. The predicted octanol–water partition coefficient (Wildman–Crippen LogP) is 6.43. The first-order chi connectivity index (χ1) is 8.41. The molecule has 0 rings (SSSR count). The maximum Gasteiger partial charge on any atom is -0.0169 e. The Morgan fingerprint density at radius 2 is 1.12 bits per heavy atom. The molecule has 0 saturated heterocycles. The molecule has 0 aromatic rings. The molecule has 0 radical (unpaired) electrons. The van der Waals surface area contributed by atoms with Gasteiger partial charge < -0.3 is 0 Å². The molecule has 17 heavy (non-hydrogen) atoms. The second kappa shape index (κ2) is 15.5. The summed E-state index contributed by atoms with van der Waals surface area (Å²) in [6.07, 6.45) is 24.0. The number of allylic oxidation sites excluding steroid dienone is 4. The van der Waals surface area contributed by atoms with Crippen LogP contribution < -0.4 is 0 Å². The second-order valence-corrected chi connectivity index (χ2v) is 4.88. The van der Waals surface area contributed by atoms with Gasteiger partial charge in [-0.15, -0.1) is 0 Å². The summed E-state index contributed by atoms with van der Waals surface area (Å²) >= 11 is 0. The van der Waals surface area contributed by atoms with E-state index in [1.54, 1.807) is 0 Å². The van der Waals surface area contributed by atoms with Gasteiger partial charge in [-0.3, -0.25) is 0 Å². The first-order valence-electron chi connectivity index (χ1n) is 7.71. The van der Waals surface area contributed by atoms with Gasteiger partial charge >= 0.3 is 0 Å². The molecule has 0 aliphatic carbocycles. The lowest BCUT2D eigenvalue weighted by Crippen LogP contribution is -1.78. The summed E-state index contributed by atoms with van der Waals surface area (Å²) in [6.45, 7) is 4.50. The van der Waals surface area contributed by atoms with Crippen LogP contribution in [0.3, 0.4) is 0 Å². The van der Waals surface area contributed by atoms with Crippen molar-refractivity contribution in [3.05, 3.63) is 24.3 Å². The van der Waals surface area contributed by atoms with Gasteiger partial charge in [0, 0.05) is 0 Å². The normalized spacial score (nSPS) is 11.9. The Bertz CT molecular complexity index is 176. The van der Waals surface area contributed by atoms with Gasteiger partial charge in [-0.25, -0.2) is 0 Å². The molecule has 100 valence electrons. The molecule has 0 amide bonds. The largest absolute Gasteiger partial charge is 0.0882 e. The monoisotopic (exact) mass is 236 g/mol. The molecule has 0 atom stereocenters. The van der Waals surface area contributed by atoms with E-state index in [4.69, 9.17) is 0 Å². The average Bonchev–Trinajstić information content (AvgIpc) is 2.35. The van der Waals surface area contributed by atoms with Gasteiger partial charge in [0.1, 0.15) is 0 Å². The average molecular weight is 236 g/mol. The van der Waals surface area contributed by atoms with Gasteiger partial charge in [0.25, 0.3) is 0 Å². The van der Waals surface area contributed by atoms with Crippen LogP contribution in [0.25, 0.3) is 0 Å². The first-order valence-corrected chi connectivity index (χ1v) is 7.71. The van der Waals surface area contributed by atoms with Crippen LogP contribution in [-0.2, 0) is 0 Å². The van der Waals surface area contributed by atoms with Gasteiger partial charge in [0.15, 0.2) is 0 Å². The van der Waals surface area contributed by atoms with E-state index in [9.17, 15) is 0 Å². The lowest BCUT2D eigenvalue weighted by Gasteiger charge is -1.98. The molecule has 0 N–H and O–H groups in total. The van der Waals surface area contributed by atoms with Crippen molar-refractivity contribution in [1.82, 2.24) is 0 Å². The fourth-order valence-corrected chi connectivity index (χ4v) is 1.89. The van der Waals surface area contributed by atoms with E-state index in [1.807, 2.05) is 0 Å². The molecule has 0 aliphatic heterocycles. The number of unbranched alkanes of at least 4 members (excludes halogenated alkanes) is 8. The van der Waals surface area contributed by atoms with Crippen LogP contribution in [0.15, 0.2) is 24.3 Å². The lowest BCUT2D eigenvalue weighted by atomic mass is 10.1. The van der Waals surface area contributed by atoms with Crippen molar-refractivity contribution in [1.29, 1.82) is 0 Å². The minimum atomic E-state index is 1.12. The molecular weight excluding hydrogens is 204 g/mol. The highest BCUT2D eigenvalue weighted by Crippen LogP contribution is 2.08. The molecular formula is C17H32. The maximum absolute atomic E-state index is 2.35. The standard InChI is InChI=1S/C17H32/c1-3-5-7-9-11-13-15-17-16-14-12-10-8-6-4-2/h7,9,13,15H,3-6,8,10-12,14,16-17H2,1-2H3/b9-7+,15-13+. The Labute approximate surface area is 109 Å². The summed E-state index contributed by atoms with van der Waals surface area (Å²) < 4.78 is 0. The highest BCUT2D eigenvalue weighted by atomic mass is 13.9. The van der Waals surface area contributed by atoms with Gasteiger partial charge in [0.2, 0.25) is 0 Å². The molecule has 0 unspecified atom stereocenters. The summed E-state index contributed by atoms with van der Waals surface area (Å²) in [5.74, 6) is 0. The third-order valence-corrected chi connectivity index (χ3v) is 3.04. The number of hydrogen-bond acceptors (Lipinski definition) is 0. The Morgan fingerprint density at radius 1 is 0.529 bits per heavy atom. The van der Waals surface area contributed by atoms with Crippen molar-refractivity contribution in [3.63, 3.8) is 0 Å². The maximum atomic E-state index is 2.35. The van der Waals surface area contributed by atoms with Crippen LogP contribution in [0.4, 0.5) is 0 Å². The summed E-state index contributed by atoms with van der Waals surface area (Å²) in [6, 6.07) is 0. The van der Waals surface area contributed by atoms with Crippen LogP contribution in [0.1, 0.15) is 84.5 Å². The topological polar surface area (TPSA) is 0 Å². The summed E-state index contributed by atoms with van der Waals surface area (Å²) in [4.78, 5) is 0. The van der Waals surface area contributed by atoms with E-state index in [-0.39, 0.29) is 0 Å². The quantitative estimate of drug-likeness (QED) is 0.270. The van der Waals surface area contributed by atoms with Crippen molar-refractivity contribution in [2.45, 2.75) is 84.5 Å². The summed E-state index contributed by atoms with van der Waals surface area (Å²) in [5, 5.41) is 0. The van der Waals surface area contributed by atoms with Crippen molar-refractivity contribution >= 4 is 0 Å². The smallest absolute Gasteiger partial charge is 0.0169 e. The third kappa shape index (κ3) is 15.5. The van der Waals surface area contributed by atoms with E-state index in [2.05, 4.69) is 38.2 Å². The second-order valence-electron chi connectivity index (χ2n) is 4.88. The molecule has 0 bridgehead atoms. The Hall–Kier alpha value is -0.520. The summed E-state index contributed by atoms with van der Waals surface area (Å²) in [7, 11) is 0. The number of rotatable bonds is 12. The Balaban J connectivity index is 3.08. The molecule has 0 spiro atoms. The molecule has 0 fully saturated rings. The molecule has 0 saturated carbocycles. The fourth-order valence-electron chi connectivity index (χ4n) is 1.89. The van der Waals surface area contributed by atoms with E-state index in [1.165, 1.54) is 64.2 Å². The minimum absolute atomic E-state index is 1.12. The predicted molar refractivity (Wildman–Crippen MR) is 80.4 cm³/mol. The van der Waals surface area contributed by atoms with Gasteiger partial charge in [-0.05, 0) is 25.7 Å². The molecule has 0 heterocycles. The molecule has 0 aromatic carbocycles. The van der Waals surface area contributed by atoms with Gasteiger partial charge in [-0.1, -0.05) is 83.1 Å². The van der Waals surface area contributed by atoms with E-state index in [0.717, 1.165) is 6.42 Å². The SMILES string of the molecule is CCC/C=C/C/C=C/CCCCCCCCC. The van der Waals surface area contributed by atoms with Crippen LogP contribution in [0, 0.1) is 0 Å². The Morgan fingerprint density at radius 3 is 1.76 bits per heavy atom.